The first-order valence-corrected chi connectivity index (χ1v) is 14.6. The lowest BCUT2D eigenvalue weighted by Crippen LogP contribution is -2.64. The van der Waals surface area contributed by atoms with Crippen molar-refractivity contribution in [3.05, 3.63) is 60.2 Å². The van der Waals surface area contributed by atoms with E-state index < -0.39 is 62.9 Å². The van der Waals surface area contributed by atoms with Crippen LogP contribution in [0.25, 0.3) is 0 Å². The third-order valence-electron chi connectivity index (χ3n) is 6.81. The number of esters is 1. The average Bonchev–Trinajstić information content (AvgIpc) is 3.47. The van der Waals surface area contributed by atoms with Crippen LogP contribution in [0.1, 0.15) is 25.3 Å². The van der Waals surface area contributed by atoms with Crippen LogP contribution < -0.4 is 14.6 Å². The monoisotopic (exact) mass is 594 g/mol. The van der Waals surface area contributed by atoms with Gasteiger partial charge in [-0.2, -0.15) is 4.67 Å². The summed E-state index contributed by atoms with van der Waals surface area (Å²) in [5.41, 5.74) is 0.773. The highest BCUT2D eigenvalue weighted by Gasteiger charge is 2.53. The van der Waals surface area contributed by atoms with Gasteiger partial charge in [0.2, 0.25) is 5.91 Å². The number of benzene rings is 2. The van der Waals surface area contributed by atoms with Crippen molar-refractivity contribution in [2.75, 3.05) is 20.3 Å². The molecule has 0 radical (unpaired) electrons. The van der Waals surface area contributed by atoms with Crippen molar-refractivity contribution < 1.29 is 52.7 Å². The van der Waals surface area contributed by atoms with E-state index in [1.54, 1.807) is 24.3 Å². The lowest BCUT2D eigenvalue weighted by Gasteiger charge is -2.43. The minimum atomic E-state index is -4.51. The molecule has 0 spiro atoms. The third-order valence-corrected chi connectivity index (χ3v) is 8.87. The maximum absolute atomic E-state index is 14.7. The molecule has 1 amide bonds. The number of rotatable bonds is 11. The smallest absolute Gasteiger partial charge is 0.462 e. The number of nitrogens with one attached hydrogen (secondary N) is 1. The second-order valence-electron chi connectivity index (χ2n) is 9.68. The summed E-state index contributed by atoms with van der Waals surface area (Å²) >= 11 is 0. The molecular formula is C27H35N2O11P. The normalized spacial score (nSPS) is 27.9. The summed E-state index contributed by atoms with van der Waals surface area (Å²) in [6, 6.07) is 12.9. The molecule has 2 aromatic rings. The standard InChI is InChI=1S/C27H35N2O11P/c1-17(31)28-23-24(32)25(22(15-30)38-27(23)34)40-41(35,39-20-12-10-19(36-2)11-13-20)29-14-6-9-21(29)26(33)37-16-18-7-4-3-5-8-18/h3-5,7-8,10-13,21-25,27,30,32,34H,6,9,14-16H2,1-2H3,(H,28,31)/t21?,22-,23-,24-,25-,27+,41?/m1/s1. The van der Waals surface area contributed by atoms with Crippen molar-refractivity contribution in [2.45, 2.75) is 63.1 Å². The number of aliphatic hydroxyl groups is 3. The van der Waals surface area contributed by atoms with E-state index in [1.807, 2.05) is 18.2 Å². The number of nitrogens with zero attached hydrogens (tertiary/aromatic N) is 1. The molecule has 4 rings (SSSR count). The molecule has 2 saturated heterocycles. The molecule has 14 heteroatoms. The molecule has 2 heterocycles. The highest BCUT2D eigenvalue weighted by Crippen LogP contribution is 2.57. The van der Waals surface area contributed by atoms with Crippen LogP contribution in [0.4, 0.5) is 0 Å². The van der Waals surface area contributed by atoms with Crippen molar-refractivity contribution in [2.24, 2.45) is 0 Å². The van der Waals surface area contributed by atoms with Gasteiger partial charge in [0, 0.05) is 13.5 Å². The number of aliphatic hydroxyl groups excluding tert-OH is 3. The molecule has 2 unspecified atom stereocenters. The molecule has 0 aliphatic carbocycles. The Bertz CT molecular complexity index is 1220. The van der Waals surface area contributed by atoms with E-state index in [0.717, 1.165) is 5.56 Å². The van der Waals surface area contributed by atoms with Crippen LogP contribution in [0.2, 0.25) is 0 Å². The van der Waals surface area contributed by atoms with Gasteiger partial charge in [-0.3, -0.25) is 14.1 Å². The molecule has 4 N–H and O–H groups in total. The molecule has 2 aliphatic rings. The molecule has 224 valence electrons. The molecule has 13 nitrogen and oxygen atoms in total. The SMILES string of the molecule is COc1ccc(OP(=O)(O[C@H]2[C@H](O)[C@@H](NC(C)=O)[C@@H](O)O[C@@H]2CO)N2CCCC2C(=O)OCc2ccccc2)cc1. The van der Waals surface area contributed by atoms with Crippen LogP contribution in [0.5, 0.6) is 11.5 Å². The number of carbonyl (C=O) groups is 2. The number of methoxy groups -OCH3 is 1. The summed E-state index contributed by atoms with van der Waals surface area (Å²) in [4.78, 5) is 24.9. The second kappa shape index (κ2) is 13.8. The van der Waals surface area contributed by atoms with Crippen LogP contribution >= 0.6 is 7.75 Å². The van der Waals surface area contributed by atoms with E-state index >= 15 is 0 Å². The molecule has 7 atom stereocenters. The number of amides is 1. The summed E-state index contributed by atoms with van der Waals surface area (Å²) in [6.07, 6.45) is -5.47. The Morgan fingerprint density at radius 1 is 1.10 bits per heavy atom. The van der Waals surface area contributed by atoms with Crippen LogP contribution in [0.15, 0.2) is 54.6 Å². The number of carbonyl (C=O) groups excluding carboxylic acids is 2. The van der Waals surface area contributed by atoms with Gasteiger partial charge in [-0.05, 0) is 42.7 Å². The first kappa shape index (κ1) is 30.9. The molecule has 2 fully saturated rings. The first-order valence-electron chi connectivity index (χ1n) is 13.1. The fourth-order valence-corrected chi connectivity index (χ4v) is 6.93. The van der Waals surface area contributed by atoms with Crippen LogP contribution in [-0.2, 0) is 34.8 Å². The van der Waals surface area contributed by atoms with Gasteiger partial charge in [-0.15, -0.1) is 0 Å². The van der Waals surface area contributed by atoms with Crippen LogP contribution in [0, 0.1) is 0 Å². The summed E-state index contributed by atoms with van der Waals surface area (Å²) in [5.74, 6) is -0.585. The highest BCUT2D eigenvalue weighted by molar-refractivity contribution is 7.51. The Labute approximate surface area is 237 Å². The van der Waals surface area contributed by atoms with Crippen molar-refractivity contribution in [3.63, 3.8) is 0 Å². The predicted octanol–water partition coefficient (Wildman–Crippen LogP) is 1.35. The topological polar surface area (TPSA) is 173 Å². The highest BCUT2D eigenvalue weighted by atomic mass is 31.2. The van der Waals surface area contributed by atoms with E-state index in [1.165, 1.54) is 30.8 Å². The van der Waals surface area contributed by atoms with Gasteiger partial charge in [-0.25, -0.2) is 4.57 Å². The van der Waals surface area contributed by atoms with Crippen molar-refractivity contribution in [3.8, 4) is 11.5 Å². The van der Waals surface area contributed by atoms with E-state index in [4.69, 9.17) is 23.3 Å². The van der Waals surface area contributed by atoms with E-state index in [2.05, 4.69) is 5.32 Å². The van der Waals surface area contributed by atoms with Gasteiger partial charge in [0.1, 0.15) is 48.5 Å². The zero-order valence-electron chi connectivity index (χ0n) is 22.7. The third kappa shape index (κ3) is 7.44. The van der Waals surface area contributed by atoms with Gasteiger partial charge in [0.25, 0.3) is 0 Å². The lowest BCUT2D eigenvalue weighted by molar-refractivity contribution is -0.250. The number of ether oxygens (including phenoxy) is 3. The largest absolute Gasteiger partial charge is 0.497 e. The zero-order valence-corrected chi connectivity index (χ0v) is 23.6. The fourth-order valence-electron chi connectivity index (χ4n) is 4.77. The van der Waals surface area contributed by atoms with Gasteiger partial charge < -0.3 is 39.4 Å². The van der Waals surface area contributed by atoms with Crippen molar-refractivity contribution in [1.29, 1.82) is 0 Å². The quantitative estimate of drug-likeness (QED) is 0.218. The molecule has 41 heavy (non-hydrogen) atoms. The van der Waals surface area contributed by atoms with Crippen molar-refractivity contribution in [1.82, 2.24) is 9.99 Å². The second-order valence-corrected chi connectivity index (χ2v) is 11.5. The Morgan fingerprint density at radius 3 is 2.41 bits per heavy atom. The molecule has 2 aliphatic heterocycles. The molecule has 0 saturated carbocycles. The Morgan fingerprint density at radius 2 is 1.78 bits per heavy atom. The number of hydrogen-bond acceptors (Lipinski definition) is 11. The molecule has 0 aromatic heterocycles. The Kier molecular flexibility index (Phi) is 10.4. The maximum Gasteiger partial charge on any atom is 0.462 e. The molecule has 0 bridgehead atoms. The maximum atomic E-state index is 14.7. The fraction of sp³-hybridized carbons (Fsp3) is 0.481. The number of hydrogen-bond donors (Lipinski definition) is 4. The zero-order chi connectivity index (χ0) is 29.6. The van der Waals surface area contributed by atoms with E-state index in [-0.39, 0.29) is 18.9 Å². The summed E-state index contributed by atoms with van der Waals surface area (Å²) in [6.45, 7) is 0.591. The van der Waals surface area contributed by atoms with Gasteiger partial charge in [-0.1, -0.05) is 30.3 Å². The minimum Gasteiger partial charge on any atom is -0.497 e. The summed E-state index contributed by atoms with van der Waals surface area (Å²) in [5, 5.41) is 33.7. The Hall–Kier alpha value is -3.03. The van der Waals surface area contributed by atoms with Crippen LogP contribution in [-0.4, -0.2) is 88.8 Å². The van der Waals surface area contributed by atoms with Gasteiger partial charge in [0.05, 0.1) is 13.7 Å². The molecule has 2 aromatic carbocycles. The summed E-state index contributed by atoms with van der Waals surface area (Å²) < 4.78 is 43.9. The predicted molar refractivity (Wildman–Crippen MR) is 144 cm³/mol. The van der Waals surface area contributed by atoms with Crippen molar-refractivity contribution >= 4 is 19.6 Å². The van der Waals surface area contributed by atoms with E-state index in [9.17, 15) is 29.5 Å². The molecular weight excluding hydrogens is 559 g/mol. The first-order chi connectivity index (χ1) is 19.6. The lowest BCUT2D eigenvalue weighted by atomic mass is 9.97. The van der Waals surface area contributed by atoms with E-state index in [0.29, 0.717) is 18.6 Å². The summed E-state index contributed by atoms with van der Waals surface area (Å²) in [7, 11) is -3.02. The average molecular weight is 595 g/mol. The van der Waals surface area contributed by atoms with Gasteiger partial charge in [0.15, 0.2) is 6.29 Å². The van der Waals surface area contributed by atoms with Crippen LogP contribution in [0.3, 0.4) is 0 Å². The van der Waals surface area contributed by atoms with Gasteiger partial charge >= 0.3 is 13.7 Å². The Balaban J connectivity index is 1.63. The minimum absolute atomic E-state index is 0.00651.